The number of para-hydroxylation sites is 1. The molecule has 3 rings (SSSR count). The van der Waals surface area contributed by atoms with Gasteiger partial charge in [0, 0.05) is 24.5 Å². The Kier molecular flexibility index (Phi) is 4.14. The molecule has 0 bridgehead atoms. The van der Waals surface area contributed by atoms with Gasteiger partial charge in [-0.25, -0.2) is 0 Å². The molecule has 1 aliphatic heterocycles. The van der Waals surface area contributed by atoms with Crippen LogP contribution in [-0.2, 0) is 11.0 Å². The molecule has 1 fully saturated rings. The maximum atomic E-state index is 13.1. The summed E-state index contributed by atoms with van der Waals surface area (Å²) in [7, 11) is 0. The van der Waals surface area contributed by atoms with Crippen LogP contribution < -0.4 is 0 Å². The van der Waals surface area contributed by atoms with Gasteiger partial charge in [0.05, 0.1) is 17.0 Å². The van der Waals surface area contributed by atoms with Crippen LogP contribution in [0.25, 0.3) is 5.69 Å². The average molecular weight is 340 g/mol. The number of amides is 1. The lowest BCUT2D eigenvalue weighted by Crippen LogP contribution is -2.27. The number of thioether (sulfide) groups is 1. The van der Waals surface area contributed by atoms with Crippen molar-refractivity contribution in [3.8, 4) is 5.69 Å². The van der Waals surface area contributed by atoms with E-state index < -0.39 is 11.7 Å². The zero-order valence-corrected chi connectivity index (χ0v) is 13.2. The summed E-state index contributed by atoms with van der Waals surface area (Å²) in [6.07, 6.45) is -1.13. The van der Waals surface area contributed by atoms with Crippen molar-refractivity contribution >= 4 is 17.7 Å². The summed E-state index contributed by atoms with van der Waals surface area (Å²) in [6.45, 7) is 2.48. The second kappa shape index (κ2) is 5.96. The smallest absolute Gasteiger partial charge is 0.326 e. The van der Waals surface area contributed by atoms with Gasteiger partial charge in [-0.1, -0.05) is 12.1 Å². The highest BCUT2D eigenvalue weighted by atomic mass is 32.2. The molecule has 1 amide bonds. The number of rotatable bonds is 3. The summed E-state index contributed by atoms with van der Waals surface area (Å²) < 4.78 is 40.9. The molecule has 1 aliphatic rings. The van der Waals surface area contributed by atoms with Gasteiger partial charge in [0.1, 0.15) is 5.37 Å². The van der Waals surface area contributed by atoms with Crippen molar-refractivity contribution in [2.75, 3.05) is 12.3 Å². The molecule has 122 valence electrons. The summed E-state index contributed by atoms with van der Waals surface area (Å²) in [4.78, 5) is 13.5. The second-order valence-electron chi connectivity index (χ2n) is 5.21. The minimum absolute atomic E-state index is 0.0611. The Labute approximate surface area is 136 Å². The van der Waals surface area contributed by atoms with Gasteiger partial charge in [-0.15, -0.1) is 11.8 Å². The third-order valence-electron chi connectivity index (χ3n) is 3.80. The first-order chi connectivity index (χ1) is 10.9. The molecule has 0 aliphatic carbocycles. The zero-order chi connectivity index (χ0) is 16.6. The summed E-state index contributed by atoms with van der Waals surface area (Å²) in [6, 6.07) is 7.24. The summed E-state index contributed by atoms with van der Waals surface area (Å²) in [5, 5.41) is -0.133. The van der Waals surface area contributed by atoms with Crippen molar-refractivity contribution in [1.29, 1.82) is 0 Å². The van der Waals surface area contributed by atoms with Crippen LogP contribution in [0.4, 0.5) is 13.2 Å². The largest absolute Gasteiger partial charge is 0.418 e. The molecule has 2 aromatic rings. The van der Waals surface area contributed by atoms with E-state index in [4.69, 9.17) is 0 Å². The van der Waals surface area contributed by atoms with Crippen LogP contribution in [0.3, 0.4) is 0 Å². The molecule has 2 heterocycles. The monoisotopic (exact) mass is 340 g/mol. The number of carbonyl (C=O) groups is 1. The lowest BCUT2D eigenvalue weighted by molar-refractivity contribution is -0.137. The number of aromatic nitrogens is 1. The Hall–Kier alpha value is -1.89. The Morgan fingerprint density at radius 1 is 1.26 bits per heavy atom. The van der Waals surface area contributed by atoms with E-state index in [9.17, 15) is 18.0 Å². The summed E-state index contributed by atoms with van der Waals surface area (Å²) >= 11 is 1.50. The van der Waals surface area contributed by atoms with Crippen molar-refractivity contribution < 1.29 is 18.0 Å². The van der Waals surface area contributed by atoms with Gasteiger partial charge in [0.25, 0.3) is 0 Å². The maximum absolute atomic E-state index is 13.1. The van der Waals surface area contributed by atoms with E-state index in [1.807, 2.05) is 6.92 Å². The number of nitrogens with zero attached hydrogens (tertiary/aromatic N) is 2. The standard InChI is InChI=1S/C16H15F3N2OS/c1-2-21-14(22)10-23-15(21)11-7-8-20(9-11)13-6-4-3-5-12(13)16(17,18)19/h3-9,15H,2,10H2,1H3/t15-/m1/s1. The van der Waals surface area contributed by atoms with Gasteiger partial charge < -0.3 is 9.47 Å². The second-order valence-corrected chi connectivity index (χ2v) is 6.28. The fourth-order valence-corrected chi connectivity index (χ4v) is 3.96. The third-order valence-corrected chi connectivity index (χ3v) is 5.05. The molecule has 0 saturated carbocycles. The zero-order valence-electron chi connectivity index (χ0n) is 12.4. The molecule has 7 heteroatoms. The van der Waals surface area contributed by atoms with Crippen molar-refractivity contribution in [3.05, 3.63) is 53.9 Å². The lowest BCUT2D eigenvalue weighted by atomic mass is 10.1. The van der Waals surface area contributed by atoms with Gasteiger partial charge >= 0.3 is 6.18 Å². The highest BCUT2D eigenvalue weighted by Crippen LogP contribution is 2.39. The molecule has 3 nitrogen and oxygen atoms in total. The van der Waals surface area contributed by atoms with Gasteiger partial charge in [-0.3, -0.25) is 4.79 Å². The number of alkyl halides is 3. The van der Waals surface area contributed by atoms with Crippen LogP contribution in [0, 0.1) is 0 Å². The van der Waals surface area contributed by atoms with Gasteiger partial charge in [0.2, 0.25) is 5.91 Å². The molecule has 0 unspecified atom stereocenters. The van der Waals surface area contributed by atoms with Gasteiger partial charge in [0.15, 0.2) is 0 Å². The van der Waals surface area contributed by atoms with Crippen LogP contribution in [-0.4, -0.2) is 27.7 Å². The van der Waals surface area contributed by atoms with E-state index in [1.165, 1.54) is 28.5 Å². The number of hydrogen-bond donors (Lipinski definition) is 0. The van der Waals surface area contributed by atoms with E-state index in [-0.39, 0.29) is 17.0 Å². The molecule has 0 radical (unpaired) electrons. The van der Waals surface area contributed by atoms with Crippen molar-refractivity contribution in [3.63, 3.8) is 0 Å². The topological polar surface area (TPSA) is 25.2 Å². The third kappa shape index (κ3) is 2.97. The van der Waals surface area contributed by atoms with Crippen molar-refractivity contribution in [1.82, 2.24) is 9.47 Å². The molecule has 1 aromatic heterocycles. The first-order valence-corrected chi connectivity index (χ1v) is 8.22. The number of benzene rings is 1. The summed E-state index contributed by atoms with van der Waals surface area (Å²) in [5.41, 5.74) is 0.243. The number of carbonyl (C=O) groups excluding carboxylic acids is 1. The number of hydrogen-bond acceptors (Lipinski definition) is 2. The van der Waals surface area contributed by atoms with E-state index >= 15 is 0 Å². The van der Waals surface area contributed by atoms with Gasteiger partial charge in [-0.05, 0) is 25.1 Å². The minimum atomic E-state index is -4.41. The molecule has 1 saturated heterocycles. The van der Waals surface area contributed by atoms with Crippen LogP contribution in [0.5, 0.6) is 0 Å². The van der Waals surface area contributed by atoms with Crippen molar-refractivity contribution in [2.45, 2.75) is 18.5 Å². The van der Waals surface area contributed by atoms with E-state index in [0.29, 0.717) is 12.3 Å². The fourth-order valence-electron chi connectivity index (χ4n) is 2.72. The Morgan fingerprint density at radius 2 is 2.00 bits per heavy atom. The normalized spacial score (nSPS) is 18.7. The first-order valence-electron chi connectivity index (χ1n) is 7.17. The van der Waals surface area contributed by atoms with Crippen molar-refractivity contribution in [2.24, 2.45) is 0 Å². The Balaban J connectivity index is 1.96. The predicted octanol–water partition coefficient (Wildman–Crippen LogP) is 4.09. The van der Waals surface area contributed by atoms with Gasteiger partial charge in [-0.2, -0.15) is 13.2 Å². The molecular formula is C16H15F3N2OS. The molecule has 23 heavy (non-hydrogen) atoms. The fraction of sp³-hybridized carbons (Fsp3) is 0.312. The molecular weight excluding hydrogens is 325 g/mol. The molecule has 1 aromatic carbocycles. The first kappa shape index (κ1) is 16.0. The lowest BCUT2D eigenvalue weighted by Gasteiger charge is -2.21. The molecule has 1 atom stereocenters. The van der Waals surface area contributed by atoms with E-state index in [1.54, 1.807) is 29.4 Å². The predicted molar refractivity (Wildman–Crippen MR) is 83.4 cm³/mol. The van der Waals surface area contributed by atoms with Crippen LogP contribution in [0.2, 0.25) is 0 Å². The minimum Gasteiger partial charge on any atom is -0.326 e. The highest BCUT2D eigenvalue weighted by molar-refractivity contribution is 8.00. The highest BCUT2D eigenvalue weighted by Gasteiger charge is 2.35. The maximum Gasteiger partial charge on any atom is 0.418 e. The van der Waals surface area contributed by atoms with Crippen LogP contribution in [0.15, 0.2) is 42.7 Å². The molecule has 0 spiro atoms. The van der Waals surface area contributed by atoms with Crippen LogP contribution in [0.1, 0.15) is 23.4 Å². The van der Waals surface area contributed by atoms with E-state index in [2.05, 4.69) is 0 Å². The van der Waals surface area contributed by atoms with E-state index in [0.717, 1.165) is 11.6 Å². The quantitative estimate of drug-likeness (QED) is 0.841. The number of halogens is 3. The average Bonchev–Trinajstić information content (AvgIpc) is 3.12. The summed E-state index contributed by atoms with van der Waals surface area (Å²) in [5.74, 6) is 0.467. The van der Waals surface area contributed by atoms with Crippen LogP contribution >= 0.6 is 11.8 Å². The molecule has 0 N–H and O–H groups in total. The Bertz CT molecular complexity index is 726. The Morgan fingerprint density at radius 3 is 2.70 bits per heavy atom. The SMILES string of the molecule is CCN1C(=O)CS[C@@H]1c1ccn(-c2ccccc2C(F)(F)F)c1.